The number of nitrogens with zero attached hydrogens (tertiary/aromatic N) is 1. The molecule has 0 bridgehead atoms. The molecule has 1 unspecified atom stereocenters. The summed E-state index contributed by atoms with van der Waals surface area (Å²) < 4.78 is 13.5. The van der Waals surface area contributed by atoms with Crippen molar-refractivity contribution >= 4 is 0 Å². The maximum absolute atomic E-state index is 13.5. The van der Waals surface area contributed by atoms with Crippen molar-refractivity contribution in [3.8, 4) is 6.07 Å². The van der Waals surface area contributed by atoms with E-state index in [-0.39, 0.29) is 12.4 Å². The molecule has 0 saturated heterocycles. The maximum atomic E-state index is 13.5. The highest BCUT2D eigenvalue weighted by atomic mass is 19.1. The van der Waals surface area contributed by atoms with Crippen LogP contribution >= 0.6 is 0 Å². The molecule has 1 aromatic carbocycles. The average molecular weight is 222 g/mol. The highest BCUT2D eigenvalue weighted by Crippen LogP contribution is 2.18. The van der Waals surface area contributed by atoms with Gasteiger partial charge in [0.1, 0.15) is 11.9 Å². The number of aliphatic hydroxyl groups excluding tert-OH is 1. The zero-order valence-corrected chi connectivity index (χ0v) is 9.20. The summed E-state index contributed by atoms with van der Waals surface area (Å²) in [6.07, 6.45) is 0.547. The summed E-state index contributed by atoms with van der Waals surface area (Å²) in [6, 6.07) is 6.05. The minimum Gasteiger partial charge on any atom is -0.396 e. The van der Waals surface area contributed by atoms with Gasteiger partial charge >= 0.3 is 0 Å². The molecule has 86 valence electrons. The van der Waals surface area contributed by atoms with Gasteiger partial charge in [-0.1, -0.05) is 17.7 Å². The van der Waals surface area contributed by atoms with Gasteiger partial charge in [-0.2, -0.15) is 5.26 Å². The number of nitriles is 1. The molecule has 0 aromatic heterocycles. The molecule has 0 heterocycles. The first kappa shape index (κ1) is 12.6. The number of rotatable bonds is 5. The van der Waals surface area contributed by atoms with Gasteiger partial charge in [0.05, 0.1) is 6.07 Å². The van der Waals surface area contributed by atoms with Crippen molar-refractivity contribution in [3.63, 3.8) is 0 Å². The Bertz CT molecular complexity index is 387. The fraction of sp³-hybridized carbons (Fsp3) is 0.417. The molecular formula is C12H15FN2O. The predicted octanol–water partition coefficient (Wildman–Crippen LogP) is 1.67. The van der Waals surface area contributed by atoms with E-state index in [1.54, 1.807) is 12.1 Å². The molecule has 16 heavy (non-hydrogen) atoms. The summed E-state index contributed by atoms with van der Waals surface area (Å²) in [5, 5.41) is 20.5. The molecule has 0 spiro atoms. The summed E-state index contributed by atoms with van der Waals surface area (Å²) >= 11 is 0. The van der Waals surface area contributed by atoms with E-state index in [1.165, 1.54) is 6.07 Å². The highest BCUT2D eigenvalue weighted by Gasteiger charge is 2.14. The predicted molar refractivity (Wildman–Crippen MR) is 59.2 cm³/mol. The lowest BCUT2D eigenvalue weighted by molar-refractivity contribution is 0.285. The summed E-state index contributed by atoms with van der Waals surface area (Å²) in [5.74, 6) is -0.381. The number of aliphatic hydroxyl groups is 1. The Morgan fingerprint density at radius 1 is 1.56 bits per heavy atom. The topological polar surface area (TPSA) is 56.0 Å². The van der Waals surface area contributed by atoms with Crippen LogP contribution in [0.15, 0.2) is 18.2 Å². The fourth-order valence-electron chi connectivity index (χ4n) is 1.43. The Morgan fingerprint density at radius 2 is 2.31 bits per heavy atom. The summed E-state index contributed by atoms with van der Waals surface area (Å²) in [5.41, 5.74) is 1.28. The van der Waals surface area contributed by atoms with Crippen molar-refractivity contribution in [2.75, 3.05) is 13.2 Å². The molecule has 4 heteroatoms. The Kier molecular flexibility index (Phi) is 4.90. The monoisotopic (exact) mass is 222 g/mol. The second-order valence-corrected chi connectivity index (χ2v) is 3.62. The van der Waals surface area contributed by atoms with Crippen LogP contribution in [-0.4, -0.2) is 18.3 Å². The molecule has 0 aliphatic carbocycles. The first-order chi connectivity index (χ1) is 7.69. The molecule has 2 N–H and O–H groups in total. The van der Waals surface area contributed by atoms with Crippen molar-refractivity contribution in [2.45, 2.75) is 19.4 Å². The van der Waals surface area contributed by atoms with Crippen LogP contribution in [0.3, 0.4) is 0 Å². The largest absolute Gasteiger partial charge is 0.396 e. The molecule has 1 aromatic rings. The molecule has 1 atom stereocenters. The summed E-state index contributed by atoms with van der Waals surface area (Å²) in [4.78, 5) is 0. The van der Waals surface area contributed by atoms with E-state index in [0.29, 0.717) is 18.5 Å². The van der Waals surface area contributed by atoms with E-state index < -0.39 is 6.04 Å². The lowest BCUT2D eigenvalue weighted by Gasteiger charge is -2.12. The van der Waals surface area contributed by atoms with E-state index in [2.05, 4.69) is 5.32 Å². The first-order valence-corrected chi connectivity index (χ1v) is 5.19. The number of aryl methyl sites for hydroxylation is 1. The maximum Gasteiger partial charge on any atom is 0.129 e. The minimum absolute atomic E-state index is 0.0570. The zero-order valence-electron chi connectivity index (χ0n) is 9.20. The lowest BCUT2D eigenvalue weighted by atomic mass is 10.0. The molecule has 0 saturated carbocycles. The van der Waals surface area contributed by atoms with Crippen molar-refractivity contribution in [1.82, 2.24) is 5.32 Å². The third-order valence-electron chi connectivity index (χ3n) is 2.27. The van der Waals surface area contributed by atoms with Gasteiger partial charge in [0.25, 0.3) is 0 Å². The van der Waals surface area contributed by atoms with Gasteiger partial charge in [-0.3, -0.25) is 5.32 Å². The minimum atomic E-state index is -0.661. The molecule has 0 aliphatic rings. The number of hydrogen-bond donors (Lipinski definition) is 2. The Labute approximate surface area is 94.5 Å². The van der Waals surface area contributed by atoms with E-state index in [4.69, 9.17) is 10.4 Å². The zero-order chi connectivity index (χ0) is 12.0. The molecule has 0 fully saturated rings. The Morgan fingerprint density at radius 3 is 2.94 bits per heavy atom. The highest BCUT2D eigenvalue weighted by molar-refractivity contribution is 5.30. The molecule has 0 amide bonds. The lowest BCUT2D eigenvalue weighted by Crippen LogP contribution is -2.22. The molecule has 0 aliphatic heterocycles. The van der Waals surface area contributed by atoms with Crippen molar-refractivity contribution in [1.29, 1.82) is 5.26 Å². The molecule has 1 rings (SSSR count). The molecule has 3 nitrogen and oxygen atoms in total. The first-order valence-electron chi connectivity index (χ1n) is 5.19. The SMILES string of the molecule is Cc1ccc(F)c(C(C#N)NCCCO)c1. The molecular weight excluding hydrogens is 207 g/mol. The Hall–Kier alpha value is -1.44. The quantitative estimate of drug-likeness (QED) is 0.745. The van der Waals surface area contributed by atoms with Crippen LogP contribution in [0.1, 0.15) is 23.6 Å². The van der Waals surface area contributed by atoms with Crippen molar-refractivity contribution in [2.24, 2.45) is 0 Å². The van der Waals surface area contributed by atoms with Crippen LogP contribution in [0.25, 0.3) is 0 Å². The second-order valence-electron chi connectivity index (χ2n) is 3.62. The van der Waals surface area contributed by atoms with Gasteiger partial charge in [0.2, 0.25) is 0 Å². The van der Waals surface area contributed by atoms with Crippen LogP contribution in [0.5, 0.6) is 0 Å². The number of nitrogens with one attached hydrogen (secondary N) is 1. The van der Waals surface area contributed by atoms with Gasteiger partial charge in [-0.05, 0) is 26.0 Å². The standard InChI is InChI=1S/C12H15FN2O/c1-9-3-4-11(13)10(7-9)12(8-14)15-5-2-6-16/h3-4,7,12,15-16H,2,5-6H2,1H3. The normalized spacial score (nSPS) is 12.1. The number of hydrogen-bond acceptors (Lipinski definition) is 3. The number of benzene rings is 1. The number of halogens is 1. The second kappa shape index (κ2) is 6.21. The Balaban J connectivity index is 2.79. The van der Waals surface area contributed by atoms with Gasteiger partial charge in [0, 0.05) is 12.2 Å². The fourth-order valence-corrected chi connectivity index (χ4v) is 1.43. The van der Waals surface area contributed by atoms with Gasteiger partial charge in [0.15, 0.2) is 0 Å². The van der Waals surface area contributed by atoms with Crippen molar-refractivity contribution < 1.29 is 9.50 Å². The van der Waals surface area contributed by atoms with E-state index in [9.17, 15) is 4.39 Å². The molecule has 0 radical (unpaired) electrons. The van der Waals surface area contributed by atoms with Gasteiger partial charge in [-0.15, -0.1) is 0 Å². The summed E-state index contributed by atoms with van der Waals surface area (Å²) in [6.45, 7) is 2.40. The van der Waals surface area contributed by atoms with E-state index in [0.717, 1.165) is 5.56 Å². The van der Waals surface area contributed by atoms with Crippen molar-refractivity contribution in [3.05, 3.63) is 35.1 Å². The third kappa shape index (κ3) is 3.30. The van der Waals surface area contributed by atoms with Crippen LogP contribution in [0.4, 0.5) is 4.39 Å². The van der Waals surface area contributed by atoms with E-state index >= 15 is 0 Å². The van der Waals surface area contributed by atoms with Crippen LogP contribution in [-0.2, 0) is 0 Å². The summed E-state index contributed by atoms with van der Waals surface area (Å²) in [7, 11) is 0. The van der Waals surface area contributed by atoms with Gasteiger partial charge in [-0.25, -0.2) is 4.39 Å². The van der Waals surface area contributed by atoms with E-state index in [1.807, 2.05) is 13.0 Å². The van der Waals surface area contributed by atoms with Crippen LogP contribution < -0.4 is 5.32 Å². The third-order valence-corrected chi connectivity index (χ3v) is 2.27. The average Bonchev–Trinajstić information content (AvgIpc) is 2.28. The van der Waals surface area contributed by atoms with Crippen LogP contribution in [0, 0.1) is 24.1 Å². The van der Waals surface area contributed by atoms with Gasteiger partial charge < -0.3 is 5.11 Å². The smallest absolute Gasteiger partial charge is 0.129 e. The van der Waals surface area contributed by atoms with Crippen LogP contribution in [0.2, 0.25) is 0 Å².